The molecule has 0 saturated carbocycles. The van der Waals surface area contributed by atoms with Gasteiger partial charge in [0, 0.05) is 56.3 Å². The molecule has 0 aromatic heterocycles. The van der Waals surface area contributed by atoms with Crippen molar-refractivity contribution >= 4 is 27.9 Å². The first kappa shape index (κ1) is 21.6. The number of hydrogen-bond acceptors (Lipinski definition) is 5. The Bertz CT molecular complexity index is 742. The second-order valence-corrected chi connectivity index (χ2v) is 10.4. The smallest absolute Gasteiger partial charge is 0.282 e. The first-order valence-corrected chi connectivity index (χ1v) is 12.1. The minimum absolute atomic E-state index is 0.0918. The maximum atomic E-state index is 12.9. The van der Waals surface area contributed by atoms with Crippen LogP contribution in [0, 0.1) is 0 Å². The maximum absolute atomic E-state index is 12.9. The minimum atomic E-state index is -3.51. The lowest BCUT2D eigenvalue weighted by molar-refractivity contribution is -0.131. The summed E-state index contributed by atoms with van der Waals surface area (Å²) in [5.41, 5.74) is 0. The summed E-state index contributed by atoms with van der Waals surface area (Å²) in [6, 6.07) is 10.0. The molecule has 2 saturated heterocycles. The summed E-state index contributed by atoms with van der Waals surface area (Å²) in [6.45, 7) is 6.13. The van der Waals surface area contributed by atoms with Gasteiger partial charge in [-0.15, -0.1) is 11.8 Å². The number of morpholine rings is 1. The van der Waals surface area contributed by atoms with Gasteiger partial charge in [-0.2, -0.15) is 17.0 Å². The molecule has 2 aliphatic rings. The molecule has 2 unspecified atom stereocenters. The van der Waals surface area contributed by atoms with E-state index in [0.29, 0.717) is 45.7 Å². The van der Waals surface area contributed by atoms with E-state index in [2.05, 4.69) is 0 Å². The zero-order chi connectivity index (χ0) is 20.1. The van der Waals surface area contributed by atoms with E-state index in [-0.39, 0.29) is 18.1 Å². The Balaban J connectivity index is 1.46. The van der Waals surface area contributed by atoms with Crippen LogP contribution < -0.4 is 0 Å². The molecule has 3 rings (SSSR count). The fourth-order valence-electron chi connectivity index (χ4n) is 3.58. The average molecular weight is 428 g/mol. The summed E-state index contributed by atoms with van der Waals surface area (Å²) in [7, 11) is -3.51. The van der Waals surface area contributed by atoms with Gasteiger partial charge >= 0.3 is 0 Å². The van der Waals surface area contributed by atoms with Gasteiger partial charge in [-0.3, -0.25) is 4.79 Å². The van der Waals surface area contributed by atoms with E-state index in [1.807, 2.05) is 44.2 Å². The molecule has 2 atom stereocenters. The fraction of sp³-hybridized carbons (Fsp3) is 0.632. The van der Waals surface area contributed by atoms with Crippen LogP contribution in [0.15, 0.2) is 35.2 Å². The summed E-state index contributed by atoms with van der Waals surface area (Å²) in [5.74, 6) is 0.819. The molecule has 1 aromatic rings. The second-order valence-electron chi connectivity index (χ2n) is 7.27. The van der Waals surface area contributed by atoms with Crippen LogP contribution in [0.25, 0.3) is 0 Å². The zero-order valence-electron chi connectivity index (χ0n) is 16.5. The highest BCUT2D eigenvalue weighted by molar-refractivity contribution is 7.99. The summed E-state index contributed by atoms with van der Waals surface area (Å²) >= 11 is 1.66. The van der Waals surface area contributed by atoms with Crippen molar-refractivity contribution < 1.29 is 17.9 Å². The summed E-state index contributed by atoms with van der Waals surface area (Å²) < 4.78 is 34.5. The molecule has 0 radical (unpaired) electrons. The third kappa shape index (κ3) is 5.48. The number of thioether (sulfide) groups is 1. The Hall–Kier alpha value is -1.13. The van der Waals surface area contributed by atoms with Crippen LogP contribution in [0.4, 0.5) is 0 Å². The third-order valence-corrected chi connectivity index (χ3v) is 7.94. The number of hydrogen-bond donors (Lipinski definition) is 0. The molecule has 2 fully saturated rings. The highest BCUT2D eigenvalue weighted by Crippen LogP contribution is 2.20. The Morgan fingerprint density at radius 1 is 1.04 bits per heavy atom. The quantitative estimate of drug-likeness (QED) is 0.646. The van der Waals surface area contributed by atoms with Crippen molar-refractivity contribution in [1.82, 2.24) is 13.5 Å². The molecule has 0 aliphatic carbocycles. The number of benzene rings is 1. The van der Waals surface area contributed by atoms with Crippen molar-refractivity contribution in [3.8, 4) is 0 Å². The fourth-order valence-corrected chi connectivity index (χ4v) is 6.19. The normalized spacial score (nSPS) is 25.0. The van der Waals surface area contributed by atoms with Crippen LogP contribution in [0.2, 0.25) is 0 Å². The molecule has 7 nitrogen and oxygen atoms in total. The lowest BCUT2D eigenvalue weighted by atomic mass is 10.3. The van der Waals surface area contributed by atoms with Gasteiger partial charge in [-0.1, -0.05) is 18.2 Å². The number of rotatable bonds is 6. The van der Waals surface area contributed by atoms with E-state index in [0.717, 1.165) is 10.6 Å². The topological polar surface area (TPSA) is 70.2 Å². The van der Waals surface area contributed by atoms with Crippen LogP contribution in [-0.4, -0.2) is 85.1 Å². The van der Waals surface area contributed by atoms with Gasteiger partial charge in [0.15, 0.2) is 0 Å². The molecule has 1 amide bonds. The van der Waals surface area contributed by atoms with Crippen LogP contribution in [0.1, 0.15) is 20.3 Å². The molecule has 0 bridgehead atoms. The Labute approximate surface area is 172 Å². The Morgan fingerprint density at radius 3 is 2.25 bits per heavy atom. The van der Waals surface area contributed by atoms with E-state index in [1.165, 1.54) is 8.61 Å². The van der Waals surface area contributed by atoms with Crippen molar-refractivity contribution in [2.45, 2.75) is 37.4 Å². The van der Waals surface area contributed by atoms with Gasteiger partial charge < -0.3 is 9.64 Å². The van der Waals surface area contributed by atoms with E-state index >= 15 is 0 Å². The molecule has 1 aromatic carbocycles. The molecule has 0 spiro atoms. The number of ether oxygens (including phenoxy) is 1. The number of piperazine rings is 1. The van der Waals surface area contributed by atoms with Crippen molar-refractivity contribution in [2.24, 2.45) is 0 Å². The molecule has 9 heteroatoms. The Morgan fingerprint density at radius 2 is 1.64 bits per heavy atom. The van der Waals surface area contributed by atoms with Crippen LogP contribution in [0.3, 0.4) is 0 Å². The number of carbonyl (C=O) groups excluding carboxylic acids is 1. The third-order valence-electron chi connectivity index (χ3n) is 4.96. The van der Waals surface area contributed by atoms with E-state index < -0.39 is 10.2 Å². The maximum Gasteiger partial charge on any atom is 0.282 e. The highest BCUT2D eigenvalue weighted by atomic mass is 32.2. The van der Waals surface area contributed by atoms with E-state index in [1.54, 1.807) is 16.7 Å². The van der Waals surface area contributed by atoms with Gasteiger partial charge in [-0.05, 0) is 26.0 Å². The lowest BCUT2D eigenvalue weighted by Gasteiger charge is -2.40. The minimum Gasteiger partial charge on any atom is -0.373 e. The molecular weight excluding hydrogens is 398 g/mol. The molecule has 0 N–H and O–H groups in total. The predicted molar refractivity (Wildman–Crippen MR) is 110 cm³/mol. The van der Waals surface area contributed by atoms with Crippen LogP contribution in [0.5, 0.6) is 0 Å². The average Bonchev–Trinajstić information content (AvgIpc) is 2.68. The number of nitrogens with zero attached hydrogens (tertiary/aromatic N) is 3. The van der Waals surface area contributed by atoms with Gasteiger partial charge in [0.05, 0.1) is 12.2 Å². The van der Waals surface area contributed by atoms with Crippen LogP contribution >= 0.6 is 11.8 Å². The molecule has 2 aliphatic heterocycles. The summed E-state index contributed by atoms with van der Waals surface area (Å²) in [6.07, 6.45) is 0.247. The largest absolute Gasteiger partial charge is 0.373 e. The lowest BCUT2D eigenvalue weighted by Crippen LogP contribution is -2.57. The first-order chi connectivity index (χ1) is 13.4. The summed E-state index contributed by atoms with van der Waals surface area (Å²) in [4.78, 5) is 15.4. The molecule has 2 heterocycles. The van der Waals surface area contributed by atoms with Gasteiger partial charge in [0.25, 0.3) is 10.2 Å². The molecular formula is C19H29N3O4S2. The van der Waals surface area contributed by atoms with Crippen molar-refractivity contribution in [2.75, 3.05) is 45.0 Å². The van der Waals surface area contributed by atoms with Crippen molar-refractivity contribution in [3.63, 3.8) is 0 Å². The van der Waals surface area contributed by atoms with Crippen LogP contribution in [-0.2, 0) is 19.7 Å². The number of carbonyl (C=O) groups is 1. The standard InChI is InChI=1S/C19H29N3O4S2/c1-16-14-22(15-17(2)26-16)28(24,25)21-11-9-20(10-12-21)19(23)8-13-27-18-6-4-3-5-7-18/h3-7,16-17H,8-15H2,1-2H3. The highest BCUT2D eigenvalue weighted by Gasteiger charge is 2.37. The molecule has 156 valence electrons. The number of amides is 1. The van der Waals surface area contributed by atoms with E-state index in [9.17, 15) is 13.2 Å². The predicted octanol–water partition coefficient (Wildman–Crippen LogP) is 1.67. The van der Waals surface area contributed by atoms with Crippen molar-refractivity contribution in [3.05, 3.63) is 30.3 Å². The monoisotopic (exact) mass is 427 g/mol. The Kier molecular flexibility index (Phi) is 7.38. The van der Waals surface area contributed by atoms with Gasteiger partial charge in [0.2, 0.25) is 5.91 Å². The molecule has 28 heavy (non-hydrogen) atoms. The van der Waals surface area contributed by atoms with Crippen molar-refractivity contribution in [1.29, 1.82) is 0 Å². The first-order valence-electron chi connectivity index (χ1n) is 9.72. The zero-order valence-corrected chi connectivity index (χ0v) is 18.1. The summed E-state index contributed by atoms with van der Waals surface area (Å²) in [5, 5.41) is 0. The van der Waals surface area contributed by atoms with Gasteiger partial charge in [0.1, 0.15) is 0 Å². The van der Waals surface area contributed by atoms with Gasteiger partial charge in [-0.25, -0.2) is 0 Å². The van der Waals surface area contributed by atoms with E-state index in [4.69, 9.17) is 4.74 Å². The SMILES string of the molecule is CC1CN(S(=O)(=O)N2CCN(C(=O)CCSc3ccccc3)CC2)CC(C)O1. The second kappa shape index (κ2) is 9.58.